The maximum absolute atomic E-state index is 11.5. The van der Waals surface area contributed by atoms with E-state index in [0.29, 0.717) is 28.6 Å². The van der Waals surface area contributed by atoms with Gasteiger partial charge in [-0.1, -0.05) is 28.1 Å². The van der Waals surface area contributed by atoms with Crippen LogP contribution in [0.3, 0.4) is 0 Å². The summed E-state index contributed by atoms with van der Waals surface area (Å²) in [4.78, 5) is 34.1. The lowest BCUT2D eigenvalue weighted by molar-refractivity contribution is 0.0526. The number of alkyl halides is 1. The molecule has 29 heavy (non-hydrogen) atoms. The minimum atomic E-state index is -0.300. The van der Waals surface area contributed by atoms with Crippen LogP contribution < -0.4 is 0 Å². The zero-order valence-electron chi connectivity index (χ0n) is 16.0. The van der Waals surface area contributed by atoms with Crippen molar-refractivity contribution < 1.29 is 28.6 Å². The highest BCUT2D eigenvalue weighted by Gasteiger charge is 2.31. The van der Waals surface area contributed by atoms with Gasteiger partial charge in [-0.15, -0.1) is 0 Å². The van der Waals surface area contributed by atoms with Crippen molar-refractivity contribution in [2.75, 3.05) is 11.9 Å². The number of halogens is 1. The first-order valence-corrected chi connectivity index (χ1v) is 10.3. The minimum Gasteiger partial charge on any atom is -0.457 e. The molecule has 0 aromatic heterocycles. The zero-order valence-corrected chi connectivity index (χ0v) is 17.6. The molecule has 0 aliphatic carbocycles. The molecule has 5 rings (SSSR count). The molecule has 1 saturated heterocycles. The molecule has 1 atom stereocenters. The fourth-order valence-corrected chi connectivity index (χ4v) is 3.97. The van der Waals surface area contributed by atoms with Crippen LogP contribution in [0.1, 0.15) is 65.0 Å². The molecule has 3 aliphatic rings. The minimum absolute atomic E-state index is 0.0228. The largest absolute Gasteiger partial charge is 0.457 e. The number of ether oxygens (including phenoxy) is 3. The number of hydrogen-bond donors (Lipinski definition) is 0. The van der Waals surface area contributed by atoms with Crippen molar-refractivity contribution in [1.29, 1.82) is 0 Å². The molecule has 0 N–H and O–H groups in total. The summed E-state index contributed by atoms with van der Waals surface area (Å²) in [6.45, 7) is 5.37. The third kappa shape index (κ3) is 3.60. The van der Waals surface area contributed by atoms with Crippen LogP contribution in [-0.2, 0) is 27.4 Å². The zero-order chi connectivity index (χ0) is 20.7. The molecule has 1 fully saturated rings. The molecule has 150 valence electrons. The van der Waals surface area contributed by atoms with Gasteiger partial charge in [0.25, 0.3) is 0 Å². The van der Waals surface area contributed by atoms with E-state index in [1.165, 1.54) is 5.56 Å². The number of ketones is 1. The molecular formula is C22H19BrO6. The van der Waals surface area contributed by atoms with E-state index in [1.807, 2.05) is 26.0 Å². The first-order valence-electron chi connectivity index (χ1n) is 9.22. The molecular weight excluding hydrogens is 440 g/mol. The van der Waals surface area contributed by atoms with Gasteiger partial charge in [0.1, 0.15) is 19.3 Å². The standard InChI is InChI=1S/C11H9BrO3.C11H10O3/c1-6-7(10(13)4-12)2-3-8-9(6)5-15-11(8)14;1-6-7(10-5-13-10)2-3-8-9(6)4-14-11(8)12/h2-3H,4-5H2,1H3;2-3,10H,4-5H2,1H3/t;10-/m.0/s1. The molecule has 2 aromatic rings. The molecule has 2 aromatic carbocycles. The Kier molecular flexibility index (Phi) is 5.27. The van der Waals surface area contributed by atoms with Gasteiger partial charge in [-0.05, 0) is 42.7 Å². The fraction of sp³-hybridized carbons (Fsp3) is 0.318. The predicted molar refractivity (Wildman–Crippen MR) is 107 cm³/mol. The highest BCUT2D eigenvalue weighted by atomic mass is 79.9. The van der Waals surface area contributed by atoms with Crippen molar-refractivity contribution in [2.45, 2.75) is 33.2 Å². The van der Waals surface area contributed by atoms with Crippen LogP contribution in [0.4, 0.5) is 0 Å². The lowest BCUT2D eigenvalue weighted by Gasteiger charge is -2.06. The Morgan fingerprint density at radius 3 is 2.07 bits per heavy atom. The SMILES string of the molecule is Cc1c(C(=O)CBr)ccc2c1COC2=O.Cc1c([C@@H]2CO2)ccc2c1COC2=O. The van der Waals surface area contributed by atoms with Crippen LogP contribution in [0.2, 0.25) is 0 Å². The number of epoxide rings is 1. The first-order chi connectivity index (χ1) is 13.9. The number of Topliss-reactive ketones (excluding diaryl/α,β-unsaturated/α-hetero) is 1. The predicted octanol–water partition coefficient (Wildman–Crippen LogP) is 3.98. The quantitative estimate of drug-likeness (QED) is 0.299. The van der Waals surface area contributed by atoms with Crippen LogP contribution in [-0.4, -0.2) is 29.7 Å². The van der Waals surface area contributed by atoms with Gasteiger partial charge in [-0.3, -0.25) is 4.79 Å². The van der Waals surface area contributed by atoms with Crippen molar-refractivity contribution in [3.8, 4) is 0 Å². The second kappa shape index (κ2) is 7.72. The average molecular weight is 459 g/mol. The third-order valence-corrected chi connectivity index (χ3v) is 5.99. The molecule has 0 radical (unpaired) electrons. The van der Waals surface area contributed by atoms with E-state index in [-0.39, 0.29) is 30.4 Å². The van der Waals surface area contributed by atoms with E-state index in [1.54, 1.807) is 12.1 Å². The summed E-state index contributed by atoms with van der Waals surface area (Å²) in [6.07, 6.45) is 0.246. The summed E-state index contributed by atoms with van der Waals surface area (Å²) >= 11 is 3.13. The number of carbonyl (C=O) groups excluding carboxylic acids is 3. The van der Waals surface area contributed by atoms with Crippen LogP contribution in [0.25, 0.3) is 0 Å². The molecule has 0 bridgehead atoms. The summed E-state index contributed by atoms with van der Waals surface area (Å²) in [5.74, 6) is -0.480. The Balaban J connectivity index is 0.000000141. The van der Waals surface area contributed by atoms with E-state index in [0.717, 1.165) is 28.9 Å². The van der Waals surface area contributed by atoms with E-state index in [4.69, 9.17) is 14.2 Å². The Morgan fingerprint density at radius 1 is 0.966 bits per heavy atom. The van der Waals surface area contributed by atoms with E-state index >= 15 is 0 Å². The number of esters is 2. The highest BCUT2D eigenvalue weighted by Crippen LogP contribution is 2.36. The van der Waals surface area contributed by atoms with Crippen LogP contribution >= 0.6 is 15.9 Å². The molecule has 0 unspecified atom stereocenters. The summed E-state index contributed by atoms with van der Waals surface area (Å²) in [5, 5.41) is 0.293. The van der Waals surface area contributed by atoms with Gasteiger partial charge >= 0.3 is 11.9 Å². The van der Waals surface area contributed by atoms with Gasteiger partial charge in [0.15, 0.2) is 5.78 Å². The van der Waals surface area contributed by atoms with Crippen LogP contribution in [0.15, 0.2) is 24.3 Å². The van der Waals surface area contributed by atoms with Crippen molar-refractivity contribution in [3.05, 3.63) is 68.8 Å². The van der Waals surface area contributed by atoms with Crippen molar-refractivity contribution in [2.24, 2.45) is 0 Å². The van der Waals surface area contributed by atoms with E-state index < -0.39 is 0 Å². The van der Waals surface area contributed by atoms with Crippen molar-refractivity contribution >= 4 is 33.7 Å². The molecule has 0 saturated carbocycles. The number of hydrogen-bond acceptors (Lipinski definition) is 6. The lowest BCUT2D eigenvalue weighted by Crippen LogP contribution is -2.05. The number of carbonyl (C=O) groups is 3. The topological polar surface area (TPSA) is 82.2 Å². The summed E-state index contributed by atoms with van der Waals surface area (Å²) in [5.41, 5.74) is 7.02. The van der Waals surface area contributed by atoms with Crippen LogP contribution in [0, 0.1) is 13.8 Å². The fourth-order valence-electron chi connectivity index (χ4n) is 3.67. The Bertz CT molecular complexity index is 1040. The van der Waals surface area contributed by atoms with Crippen molar-refractivity contribution in [1.82, 2.24) is 0 Å². The number of fused-ring (bicyclic) bond motifs is 2. The maximum atomic E-state index is 11.5. The van der Waals surface area contributed by atoms with Gasteiger partial charge in [0, 0.05) is 16.7 Å². The number of benzene rings is 2. The van der Waals surface area contributed by atoms with Gasteiger partial charge in [-0.25, -0.2) is 9.59 Å². The molecule has 0 amide bonds. The third-order valence-electron chi connectivity index (χ3n) is 5.48. The van der Waals surface area contributed by atoms with E-state index in [9.17, 15) is 14.4 Å². The second-order valence-electron chi connectivity index (χ2n) is 7.10. The molecule has 0 spiro atoms. The number of rotatable bonds is 3. The van der Waals surface area contributed by atoms with Gasteiger partial charge in [-0.2, -0.15) is 0 Å². The van der Waals surface area contributed by atoms with Gasteiger partial charge < -0.3 is 14.2 Å². The van der Waals surface area contributed by atoms with Crippen molar-refractivity contribution in [3.63, 3.8) is 0 Å². The summed E-state index contributed by atoms with van der Waals surface area (Å²) in [6, 6.07) is 7.16. The lowest BCUT2D eigenvalue weighted by atomic mass is 9.97. The Hall–Kier alpha value is -2.51. The van der Waals surface area contributed by atoms with Gasteiger partial charge in [0.2, 0.25) is 0 Å². The van der Waals surface area contributed by atoms with Gasteiger partial charge in [0.05, 0.1) is 23.1 Å². The normalized spacial score (nSPS) is 18.2. The second-order valence-corrected chi connectivity index (χ2v) is 7.66. The summed E-state index contributed by atoms with van der Waals surface area (Å²) < 4.78 is 15.1. The molecule has 3 aliphatic heterocycles. The van der Waals surface area contributed by atoms with Crippen LogP contribution in [0.5, 0.6) is 0 Å². The molecule has 7 heteroatoms. The summed E-state index contributed by atoms with van der Waals surface area (Å²) in [7, 11) is 0. The monoisotopic (exact) mass is 458 g/mol. The van der Waals surface area contributed by atoms with E-state index in [2.05, 4.69) is 15.9 Å². The molecule has 6 nitrogen and oxygen atoms in total. The Labute approximate surface area is 176 Å². The Morgan fingerprint density at radius 2 is 1.52 bits per heavy atom. The average Bonchev–Trinajstić information content (AvgIpc) is 3.39. The highest BCUT2D eigenvalue weighted by molar-refractivity contribution is 9.09. The first kappa shape index (κ1) is 19.8. The number of cyclic esters (lactones) is 2. The smallest absolute Gasteiger partial charge is 0.338 e. The maximum Gasteiger partial charge on any atom is 0.338 e. The molecule has 3 heterocycles.